The molecule has 0 aliphatic heterocycles. The molecule has 0 aromatic rings. The standard InChI is InChI=1S/C5H5BrF6/c6-2-1-3(4(7,8)9)5(10,11)12/h3H,1-2H2. The lowest BCUT2D eigenvalue weighted by Gasteiger charge is -2.21. The lowest BCUT2D eigenvalue weighted by molar-refractivity contribution is -0.284. The van der Waals surface area contributed by atoms with Gasteiger partial charge in [-0.05, 0) is 6.42 Å². The molecular weight excluding hydrogens is 254 g/mol. The van der Waals surface area contributed by atoms with E-state index in [4.69, 9.17) is 0 Å². The van der Waals surface area contributed by atoms with Gasteiger partial charge in [0.2, 0.25) is 0 Å². The van der Waals surface area contributed by atoms with Crippen molar-refractivity contribution in [1.29, 1.82) is 0 Å². The number of hydrogen-bond donors (Lipinski definition) is 0. The minimum Gasteiger partial charge on any atom is -0.170 e. The molecular formula is C5H5BrF6. The average molecular weight is 259 g/mol. The highest BCUT2D eigenvalue weighted by atomic mass is 79.9. The van der Waals surface area contributed by atoms with Gasteiger partial charge < -0.3 is 0 Å². The first kappa shape index (κ1) is 12.1. The Morgan fingerprint density at radius 2 is 1.25 bits per heavy atom. The van der Waals surface area contributed by atoms with Crippen molar-refractivity contribution in [1.82, 2.24) is 0 Å². The Morgan fingerprint density at radius 1 is 0.917 bits per heavy atom. The van der Waals surface area contributed by atoms with E-state index in [0.29, 0.717) is 0 Å². The topological polar surface area (TPSA) is 0 Å². The summed E-state index contributed by atoms with van der Waals surface area (Å²) in [5.41, 5.74) is 0. The molecule has 0 atom stereocenters. The first-order valence-electron chi connectivity index (χ1n) is 2.89. The van der Waals surface area contributed by atoms with Crippen molar-refractivity contribution in [2.24, 2.45) is 5.92 Å². The van der Waals surface area contributed by atoms with Crippen LogP contribution in [0.15, 0.2) is 0 Å². The number of alkyl halides is 7. The van der Waals surface area contributed by atoms with E-state index in [9.17, 15) is 26.3 Å². The Kier molecular flexibility index (Phi) is 3.87. The Labute approximate surface area is 73.1 Å². The normalized spacial score (nSPS) is 14.0. The zero-order valence-corrected chi connectivity index (χ0v) is 7.22. The highest BCUT2D eigenvalue weighted by molar-refractivity contribution is 9.09. The van der Waals surface area contributed by atoms with E-state index in [0.717, 1.165) is 0 Å². The molecule has 0 aliphatic carbocycles. The molecule has 0 spiro atoms. The lowest BCUT2D eigenvalue weighted by atomic mass is 10.1. The van der Waals surface area contributed by atoms with Crippen LogP contribution in [-0.4, -0.2) is 17.7 Å². The fourth-order valence-electron chi connectivity index (χ4n) is 0.622. The third-order valence-corrected chi connectivity index (χ3v) is 1.65. The number of hydrogen-bond acceptors (Lipinski definition) is 0. The van der Waals surface area contributed by atoms with E-state index in [-0.39, 0.29) is 5.33 Å². The molecule has 0 rings (SSSR count). The molecule has 0 fully saturated rings. The largest absolute Gasteiger partial charge is 0.400 e. The summed E-state index contributed by atoms with van der Waals surface area (Å²) in [6.45, 7) is 0. The van der Waals surface area contributed by atoms with Crippen LogP contribution in [0.2, 0.25) is 0 Å². The Morgan fingerprint density at radius 3 is 1.33 bits per heavy atom. The van der Waals surface area contributed by atoms with Gasteiger partial charge in [-0.3, -0.25) is 0 Å². The smallest absolute Gasteiger partial charge is 0.170 e. The van der Waals surface area contributed by atoms with E-state index in [2.05, 4.69) is 15.9 Å². The second-order valence-electron chi connectivity index (χ2n) is 2.11. The van der Waals surface area contributed by atoms with E-state index in [1.165, 1.54) is 0 Å². The Hall–Kier alpha value is 0.0600. The molecule has 0 aromatic carbocycles. The third kappa shape index (κ3) is 3.64. The van der Waals surface area contributed by atoms with Gasteiger partial charge in [0.05, 0.1) is 0 Å². The van der Waals surface area contributed by atoms with Crippen molar-refractivity contribution in [2.45, 2.75) is 18.8 Å². The van der Waals surface area contributed by atoms with Crippen molar-refractivity contribution >= 4 is 15.9 Å². The second kappa shape index (κ2) is 3.85. The SMILES string of the molecule is FC(F)(F)C(CCBr)C(F)(F)F. The molecule has 12 heavy (non-hydrogen) atoms. The first-order chi connectivity index (χ1) is 5.19. The molecule has 0 amide bonds. The van der Waals surface area contributed by atoms with Gasteiger partial charge in [0.1, 0.15) is 0 Å². The molecule has 0 unspecified atom stereocenters. The molecule has 74 valence electrons. The average Bonchev–Trinajstić information content (AvgIpc) is 1.77. The zero-order valence-electron chi connectivity index (χ0n) is 5.64. The molecule has 0 radical (unpaired) electrons. The Balaban J connectivity index is 4.45. The summed E-state index contributed by atoms with van der Waals surface area (Å²) in [6, 6.07) is 0. The van der Waals surface area contributed by atoms with Gasteiger partial charge >= 0.3 is 12.4 Å². The van der Waals surface area contributed by atoms with Gasteiger partial charge in [-0.2, -0.15) is 26.3 Å². The molecule has 0 saturated heterocycles. The van der Waals surface area contributed by atoms with Gasteiger partial charge in [-0.15, -0.1) is 0 Å². The first-order valence-corrected chi connectivity index (χ1v) is 4.01. The van der Waals surface area contributed by atoms with Crippen LogP contribution in [-0.2, 0) is 0 Å². The zero-order chi connectivity index (χ0) is 9.99. The monoisotopic (exact) mass is 258 g/mol. The second-order valence-corrected chi connectivity index (χ2v) is 2.91. The maximum Gasteiger partial charge on any atom is 0.400 e. The van der Waals surface area contributed by atoms with Crippen LogP contribution in [0.25, 0.3) is 0 Å². The van der Waals surface area contributed by atoms with Gasteiger partial charge in [0, 0.05) is 5.33 Å². The highest BCUT2D eigenvalue weighted by Gasteiger charge is 2.55. The van der Waals surface area contributed by atoms with Crippen molar-refractivity contribution < 1.29 is 26.3 Å². The predicted octanol–water partition coefficient (Wildman–Crippen LogP) is 3.51. The number of halogens is 7. The van der Waals surface area contributed by atoms with E-state index in [1.807, 2.05) is 0 Å². The van der Waals surface area contributed by atoms with E-state index >= 15 is 0 Å². The fourth-order valence-corrected chi connectivity index (χ4v) is 1.08. The quantitative estimate of drug-likeness (QED) is 0.525. The van der Waals surface area contributed by atoms with Gasteiger partial charge in [0.15, 0.2) is 5.92 Å². The molecule has 0 heterocycles. The van der Waals surface area contributed by atoms with Crippen LogP contribution < -0.4 is 0 Å². The number of rotatable bonds is 2. The lowest BCUT2D eigenvalue weighted by Crippen LogP contribution is -2.36. The summed E-state index contributed by atoms with van der Waals surface area (Å²) in [6.07, 6.45) is -11.4. The van der Waals surface area contributed by atoms with E-state index < -0.39 is 24.7 Å². The minimum atomic E-state index is -5.20. The molecule has 0 aromatic heterocycles. The summed E-state index contributed by atoms with van der Waals surface area (Å²) in [7, 11) is 0. The van der Waals surface area contributed by atoms with Gasteiger partial charge in [-0.25, -0.2) is 0 Å². The minimum absolute atomic E-state index is 0.323. The molecule has 0 saturated carbocycles. The van der Waals surface area contributed by atoms with E-state index in [1.54, 1.807) is 0 Å². The van der Waals surface area contributed by atoms with Crippen molar-refractivity contribution in [3.05, 3.63) is 0 Å². The maximum absolute atomic E-state index is 11.7. The molecule has 7 heteroatoms. The Bertz CT molecular complexity index is 122. The highest BCUT2D eigenvalue weighted by Crippen LogP contribution is 2.41. The molecule has 0 nitrogen and oxygen atoms in total. The molecule has 0 aliphatic rings. The molecule has 0 bridgehead atoms. The summed E-state index contributed by atoms with van der Waals surface area (Å²) >= 11 is 2.53. The van der Waals surface area contributed by atoms with Gasteiger partial charge in [0.25, 0.3) is 0 Å². The summed E-state index contributed by atoms with van der Waals surface area (Å²) in [5, 5.41) is -0.323. The summed E-state index contributed by atoms with van der Waals surface area (Å²) < 4.78 is 70.0. The fraction of sp³-hybridized carbons (Fsp3) is 1.00. The third-order valence-electron chi connectivity index (χ3n) is 1.19. The van der Waals surface area contributed by atoms with Crippen LogP contribution in [0.3, 0.4) is 0 Å². The summed E-state index contributed by atoms with van der Waals surface area (Å²) in [5.74, 6) is -3.22. The predicted molar refractivity (Wildman–Crippen MR) is 34.0 cm³/mol. The van der Waals surface area contributed by atoms with Crippen LogP contribution in [0.4, 0.5) is 26.3 Å². The van der Waals surface area contributed by atoms with Crippen LogP contribution >= 0.6 is 15.9 Å². The van der Waals surface area contributed by atoms with Crippen LogP contribution in [0.1, 0.15) is 6.42 Å². The molecule has 0 N–H and O–H groups in total. The van der Waals surface area contributed by atoms with Gasteiger partial charge in [-0.1, -0.05) is 15.9 Å². The van der Waals surface area contributed by atoms with Crippen LogP contribution in [0, 0.1) is 5.92 Å². The van der Waals surface area contributed by atoms with Crippen molar-refractivity contribution in [3.8, 4) is 0 Å². The van der Waals surface area contributed by atoms with Crippen LogP contribution in [0.5, 0.6) is 0 Å². The van der Waals surface area contributed by atoms with Crippen molar-refractivity contribution in [2.75, 3.05) is 5.33 Å². The maximum atomic E-state index is 11.7. The summed E-state index contributed by atoms with van der Waals surface area (Å²) in [4.78, 5) is 0. The van der Waals surface area contributed by atoms with Crippen molar-refractivity contribution in [3.63, 3.8) is 0 Å².